The van der Waals surface area contributed by atoms with Crippen LogP contribution >= 0.6 is 11.6 Å². The van der Waals surface area contributed by atoms with Gasteiger partial charge < -0.3 is 10.4 Å². The number of benzene rings is 1. The normalized spacial score (nSPS) is 13.8. The summed E-state index contributed by atoms with van der Waals surface area (Å²) in [6, 6.07) is 3.00. The summed E-state index contributed by atoms with van der Waals surface area (Å²) in [7, 11) is 0. The lowest BCUT2D eigenvalue weighted by molar-refractivity contribution is -0.141. The molecule has 6 heteroatoms. The predicted octanol–water partition coefficient (Wildman–Crippen LogP) is 2.32. The molecule has 18 heavy (non-hydrogen) atoms. The average Bonchev–Trinajstić information content (AvgIpc) is 2.30. The van der Waals surface area contributed by atoms with E-state index in [1.807, 2.05) is 0 Å². The number of halogens is 2. The second kappa shape index (κ2) is 5.82. The van der Waals surface area contributed by atoms with Gasteiger partial charge in [0.05, 0.1) is 11.5 Å². The Balaban J connectivity index is 2.82. The molecule has 1 rings (SSSR count). The maximum absolute atomic E-state index is 13.4. The summed E-state index contributed by atoms with van der Waals surface area (Å²) in [5.74, 6) is -3.19. The van der Waals surface area contributed by atoms with Gasteiger partial charge in [-0.25, -0.2) is 4.39 Å². The first-order valence-corrected chi connectivity index (χ1v) is 5.69. The molecule has 0 aliphatic carbocycles. The molecule has 4 nitrogen and oxygen atoms in total. The molecule has 0 radical (unpaired) electrons. The standard InChI is InChI=1S/C12H13ClFNO3/c1-6(12(17)18)7(2)15-11(16)9-5-8(13)3-4-10(9)14/h3-7H,1-2H3,(H,15,16)(H,17,18). The molecule has 0 spiro atoms. The van der Waals surface area contributed by atoms with E-state index in [0.29, 0.717) is 0 Å². The van der Waals surface area contributed by atoms with Crippen LogP contribution in [0.15, 0.2) is 18.2 Å². The van der Waals surface area contributed by atoms with Gasteiger partial charge in [-0.05, 0) is 32.0 Å². The number of aliphatic carboxylic acids is 1. The Morgan fingerprint density at radius 1 is 1.39 bits per heavy atom. The van der Waals surface area contributed by atoms with Gasteiger partial charge in [0.2, 0.25) is 0 Å². The quantitative estimate of drug-likeness (QED) is 0.885. The molecule has 0 aromatic heterocycles. The number of hydrogen-bond acceptors (Lipinski definition) is 2. The lowest BCUT2D eigenvalue weighted by atomic mass is 10.0. The van der Waals surface area contributed by atoms with Crippen LogP contribution in [0.5, 0.6) is 0 Å². The van der Waals surface area contributed by atoms with Gasteiger partial charge in [-0.3, -0.25) is 9.59 Å². The number of amides is 1. The van der Waals surface area contributed by atoms with Crippen LogP contribution < -0.4 is 5.32 Å². The van der Waals surface area contributed by atoms with Crippen LogP contribution in [0, 0.1) is 11.7 Å². The first-order valence-electron chi connectivity index (χ1n) is 5.31. The summed E-state index contributed by atoms with van der Waals surface area (Å²) < 4.78 is 13.4. The van der Waals surface area contributed by atoms with E-state index < -0.39 is 29.7 Å². The van der Waals surface area contributed by atoms with Gasteiger partial charge in [-0.1, -0.05) is 11.6 Å². The summed E-state index contributed by atoms with van der Waals surface area (Å²) in [6.45, 7) is 3.00. The van der Waals surface area contributed by atoms with Crippen molar-refractivity contribution in [2.45, 2.75) is 19.9 Å². The smallest absolute Gasteiger partial charge is 0.308 e. The lowest BCUT2D eigenvalue weighted by Gasteiger charge is -2.17. The topological polar surface area (TPSA) is 66.4 Å². The Kier molecular flexibility index (Phi) is 4.67. The van der Waals surface area contributed by atoms with Gasteiger partial charge in [0.1, 0.15) is 5.82 Å². The lowest BCUT2D eigenvalue weighted by Crippen LogP contribution is -2.40. The predicted molar refractivity (Wildman–Crippen MR) is 65.1 cm³/mol. The Bertz CT molecular complexity index is 478. The van der Waals surface area contributed by atoms with Crippen molar-refractivity contribution in [2.24, 2.45) is 5.92 Å². The van der Waals surface area contributed by atoms with Crippen molar-refractivity contribution in [3.63, 3.8) is 0 Å². The second-order valence-corrected chi connectivity index (χ2v) is 4.45. The van der Waals surface area contributed by atoms with E-state index in [1.165, 1.54) is 19.1 Å². The number of hydrogen-bond donors (Lipinski definition) is 2. The van der Waals surface area contributed by atoms with Crippen molar-refractivity contribution in [2.75, 3.05) is 0 Å². The zero-order valence-corrected chi connectivity index (χ0v) is 10.7. The fraction of sp³-hybridized carbons (Fsp3) is 0.333. The van der Waals surface area contributed by atoms with Crippen molar-refractivity contribution in [3.05, 3.63) is 34.6 Å². The highest BCUT2D eigenvalue weighted by atomic mass is 35.5. The highest BCUT2D eigenvalue weighted by Crippen LogP contribution is 2.15. The molecular weight excluding hydrogens is 261 g/mol. The molecule has 0 saturated carbocycles. The summed E-state index contributed by atoms with van der Waals surface area (Å²) in [4.78, 5) is 22.5. The number of carbonyl (C=O) groups excluding carboxylic acids is 1. The molecule has 0 bridgehead atoms. The number of rotatable bonds is 4. The van der Waals surface area contributed by atoms with E-state index in [2.05, 4.69) is 5.32 Å². The van der Waals surface area contributed by atoms with E-state index in [-0.39, 0.29) is 10.6 Å². The molecule has 0 aliphatic rings. The number of carbonyl (C=O) groups is 2. The monoisotopic (exact) mass is 273 g/mol. The Labute approximate surface area is 109 Å². The van der Waals surface area contributed by atoms with E-state index in [9.17, 15) is 14.0 Å². The molecule has 1 aromatic rings. The van der Waals surface area contributed by atoms with Gasteiger partial charge in [0.15, 0.2) is 0 Å². The van der Waals surface area contributed by atoms with Crippen molar-refractivity contribution >= 4 is 23.5 Å². The number of nitrogens with one attached hydrogen (secondary N) is 1. The number of carboxylic acid groups (broad SMARTS) is 1. The highest BCUT2D eigenvalue weighted by molar-refractivity contribution is 6.31. The molecule has 0 fully saturated rings. The molecule has 2 unspecified atom stereocenters. The number of carboxylic acids is 1. The molecule has 0 heterocycles. The molecule has 0 aliphatic heterocycles. The fourth-order valence-electron chi connectivity index (χ4n) is 1.29. The molecular formula is C12H13ClFNO3. The molecule has 2 N–H and O–H groups in total. The Morgan fingerprint density at radius 3 is 2.56 bits per heavy atom. The van der Waals surface area contributed by atoms with Crippen LogP contribution in [-0.4, -0.2) is 23.0 Å². The molecule has 98 valence electrons. The van der Waals surface area contributed by atoms with Crippen molar-refractivity contribution in [3.8, 4) is 0 Å². The largest absolute Gasteiger partial charge is 0.481 e. The fourth-order valence-corrected chi connectivity index (χ4v) is 1.47. The van der Waals surface area contributed by atoms with Crippen LogP contribution in [0.25, 0.3) is 0 Å². The maximum atomic E-state index is 13.4. The third-order valence-corrected chi connectivity index (χ3v) is 2.91. The van der Waals surface area contributed by atoms with E-state index in [4.69, 9.17) is 16.7 Å². The Hall–Kier alpha value is -1.62. The molecule has 2 atom stereocenters. The van der Waals surface area contributed by atoms with Crippen LogP contribution in [0.1, 0.15) is 24.2 Å². The summed E-state index contributed by atoms with van der Waals surface area (Å²) in [6.07, 6.45) is 0. The maximum Gasteiger partial charge on any atom is 0.308 e. The molecule has 0 saturated heterocycles. The van der Waals surface area contributed by atoms with Crippen LogP contribution in [0.3, 0.4) is 0 Å². The molecule has 1 amide bonds. The SMILES string of the molecule is CC(NC(=O)c1cc(Cl)ccc1F)C(C)C(=O)O. The molecule has 1 aromatic carbocycles. The van der Waals surface area contributed by atoms with Crippen molar-refractivity contribution in [1.29, 1.82) is 0 Å². The van der Waals surface area contributed by atoms with Crippen LogP contribution in [0.4, 0.5) is 4.39 Å². The summed E-state index contributed by atoms with van der Waals surface area (Å²) >= 11 is 5.67. The summed E-state index contributed by atoms with van der Waals surface area (Å²) in [5, 5.41) is 11.5. The van der Waals surface area contributed by atoms with E-state index in [1.54, 1.807) is 6.92 Å². The Morgan fingerprint density at radius 2 is 2.00 bits per heavy atom. The summed E-state index contributed by atoms with van der Waals surface area (Å²) in [5.41, 5.74) is -0.202. The minimum absolute atomic E-state index is 0.202. The van der Waals surface area contributed by atoms with Gasteiger partial charge in [-0.15, -0.1) is 0 Å². The van der Waals surface area contributed by atoms with Gasteiger partial charge in [0, 0.05) is 11.1 Å². The zero-order valence-electron chi connectivity index (χ0n) is 9.91. The second-order valence-electron chi connectivity index (χ2n) is 4.01. The van der Waals surface area contributed by atoms with Crippen LogP contribution in [0.2, 0.25) is 5.02 Å². The van der Waals surface area contributed by atoms with Crippen molar-refractivity contribution < 1.29 is 19.1 Å². The minimum atomic E-state index is -1.03. The third-order valence-electron chi connectivity index (χ3n) is 2.67. The van der Waals surface area contributed by atoms with E-state index >= 15 is 0 Å². The van der Waals surface area contributed by atoms with Gasteiger partial charge in [0.25, 0.3) is 5.91 Å². The van der Waals surface area contributed by atoms with Crippen LogP contribution in [-0.2, 0) is 4.79 Å². The average molecular weight is 274 g/mol. The minimum Gasteiger partial charge on any atom is -0.481 e. The third kappa shape index (κ3) is 3.43. The van der Waals surface area contributed by atoms with Crippen molar-refractivity contribution in [1.82, 2.24) is 5.32 Å². The van der Waals surface area contributed by atoms with Gasteiger partial charge in [-0.2, -0.15) is 0 Å². The van der Waals surface area contributed by atoms with Gasteiger partial charge >= 0.3 is 5.97 Å². The van der Waals surface area contributed by atoms with E-state index in [0.717, 1.165) is 6.07 Å². The first-order chi connectivity index (χ1) is 8.32. The zero-order chi connectivity index (χ0) is 13.9. The first kappa shape index (κ1) is 14.4. The highest BCUT2D eigenvalue weighted by Gasteiger charge is 2.22.